The number of benzene rings is 1. The molecule has 3 N–H and O–H groups in total. The fourth-order valence-electron chi connectivity index (χ4n) is 3.07. The lowest BCUT2D eigenvalue weighted by Crippen LogP contribution is -2.10. The summed E-state index contributed by atoms with van der Waals surface area (Å²) in [4.78, 5) is 4.78. The van der Waals surface area contributed by atoms with Crippen LogP contribution in [0.25, 0.3) is 16.7 Å². The molecule has 0 aliphatic rings. The van der Waals surface area contributed by atoms with Gasteiger partial charge in [0.2, 0.25) is 5.65 Å². The van der Waals surface area contributed by atoms with Crippen LogP contribution in [0, 0.1) is 6.92 Å². The first-order valence-corrected chi connectivity index (χ1v) is 10.1. The third-order valence-electron chi connectivity index (χ3n) is 4.56. The molecule has 0 saturated carbocycles. The molecule has 0 radical (unpaired) electrons. The SMILES string of the molecule is COCCOc1cc2nc(NCCCCN)c3nnc(C)n3c2cc1OCCOC. The van der Waals surface area contributed by atoms with E-state index >= 15 is 0 Å². The van der Waals surface area contributed by atoms with Crippen molar-refractivity contribution in [2.75, 3.05) is 59.1 Å². The third-order valence-corrected chi connectivity index (χ3v) is 4.56. The van der Waals surface area contributed by atoms with Crippen LogP contribution in [0.5, 0.6) is 11.5 Å². The fraction of sp³-hybridized carbons (Fsp3) is 0.550. The van der Waals surface area contributed by atoms with E-state index in [2.05, 4.69) is 15.5 Å². The summed E-state index contributed by atoms with van der Waals surface area (Å²) in [6.07, 6.45) is 1.90. The summed E-state index contributed by atoms with van der Waals surface area (Å²) in [6, 6.07) is 3.78. The summed E-state index contributed by atoms with van der Waals surface area (Å²) in [5.41, 5.74) is 7.85. The van der Waals surface area contributed by atoms with Crippen LogP contribution in [0.3, 0.4) is 0 Å². The zero-order valence-corrected chi connectivity index (χ0v) is 17.8. The number of hydrogen-bond donors (Lipinski definition) is 2. The van der Waals surface area contributed by atoms with Crippen LogP contribution in [-0.4, -0.2) is 73.3 Å². The number of unbranched alkanes of at least 4 members (excludes halogenated alkanes) is 1. The topological polar surface area (TPSA) is 118 Å². The molecule has 164 valence electrons. The lowest BCUT2D eigenvalue weighted by Gasteiger charge is -2.15. The molecule has 1 aromatic carbocycles. The molecule has 30 heavy (non-hydrogen) atoms. The third kappa shape index (κ3) is 5.07. The molecule has 0 fully saturated rings. The molecule has 10 heteroatoms. The maximum atomic E-state index is 5.90. The van der Waals surface area contributed by atoms with Crippen LogP contribution < -0.4 is 20.5 Å². The zero-order chi connectivity index (χ0) is 21.3. The number of ether oxygens (including phenoxy) is 4. The number of hydrogen-bond acceptors (Lipinski definition) is 9. The van der Waals surface area contributed by atoms with Crippen molar-refractivity contribution in [3.63, 3.8) is 0 Å². The highest BCUT2D eigenvalue weighted by molar-refractivity contribution is 5.85. The minimum Gasteiger partial charge on any atom is -0.487 e. The number of nitrogens with one attached hydrogen (secondary N) is 1. The molecule has 3 aromatic rings. The van der Waals surface area contributed by atoms with Crippen LogP contribution in [0.15, 0.2) is 12.1 Å². The molecule has 2 aromatic heterocycles. The Balaban J connectivity index is 2.03. The molecular weight excluding hydrogens is 388 g/mol. The van der Waals surface area contributed by atoms with Gasteiger partial charge in [-0.2, -0.15) is 0 Å². The summed E-state index contributed by atoms with van der Waals surface area (Å²) in [5.74, 6) is 2.65. The number of nitrogens with zero attached hydrogens (tertiary/aromatic N) is 4. The Hall–Kier alpha value is -2.69. The maximum Gasteiger partial charge on any atom is 0.204 e. The van der Waals surface area contributed by atoms with E-state index in [-0.39, 0.29) is 0 Å². The first-order valence-electron chi connectivity index (χ1n) is 10.1. The molecule has 0 bridgehead atoms. The van der Waals surface area contributed by atoms with Crippen LogP contribution in [0.4, 0.5) is 5.82 Å². The van der Waals surface area contributed by atoms with Gasteiger partial charge in [0, 0.05) is 32.9 Å². The molecule has 0 aliphatic carbocycles. The Labute approximate surface area is 175 Å². The van der Waals surface area contributed by atoms with Gasteiger partial charge in [-0.05, 0) is 26.3 Å². The van der Waals surface area contributed by atoms with Gasteiger partial charge < -0.3 is 30.0 Å². The van der Waals surface area contributed by atoms with Crippen molar-refractivity contribution < 1.29 is 18.9 Å². The van der Waals surface area contributed by atoms with E-state index in [4.69, 9.17) is 29.7 Å². The van der Waals surface area contributed by atoms with Gasteiger partial charge in [0.1, 0.15) is 19.0 Å². The molecular formula is C20H30N6O4. The number of aromatic nitrogens is 4. The van der Waals surface area contributed by atoms with Gasteiger partial charge in [0.25, 0.3) is 0 Å². The first-order chi connectivity index (χ1) is 14.7. The molecule has 0 unspecified atom stereocenters. The number of aryl methyl sites for hydroxylation is 1. The zero-order valence-electron chi connectivity index (χ0n) is 17.8. The largest absolute Gasteiger partial charge is 0.487 e. The molecule has 0 saturated heterocycles. The molecule has 0 aliphatic heterocycles. The van der Waals surface area contributed by atoms with Crippen molar-refractivity contribution >= 4 is 22.5 Å². The van der Waals surface area contributed by atoms with Crippen molar-refractivity contribution in [2.45, 2.75) is 19.8 Å². The van der Waals surface area contributed by atoms with Gasteiger partial charge in [-0.15, -0.1) is 10.2 Å². The van der Waals surface area contributed by atoms with Gasteiger partial charge in [0.15, 0.2) is 17.3 Å². The van der Waals surface area contributed by atoms with Crippen LogP contribution in [0.1, 0.15) is 18.7 Å². The summed E-state index contributed by atoms with van der Waals surface area (Å²) in [7, 11) is 3.27. The second kappa shape index (κ2) is 10.9. The number of fused-ring (bicyclic) bond motifs is 3. The second-order valence-corrected chi connectivity index (χ2v) is 6.76. The second-order valence-electron chi connectivity index (χ2n) is 6.76. The quantitative estimate of drug-likeness (QED) is 0.400. The normalized spacial score (nSPS) is 11.3. The molecule has 2 heterocycles. The van der Waals surface area contributed by atoms with Gasteiger partial charge in [-0.25, -0.2) is 4.98 Å². The van der Waals surface area contributed by atoms with E-state index in [1.54, 1.807) is 14.2 Å². The summed E-state index contributed by atoms with van der Waals surface area (Å²) < 4.78 is 24.0. The predicted molar refractivity (Wildman–Crippen MR) is 115 cm³/mol. The highest BCUT2D eigenvalue weighted by Crippen LogP contribution is 2.34. The van der Waals surface area contributed by atoms with E-state index in [1.165, 1.54) is 0 Å². The van der Waals surface area contributed by atoms with E-state index < -0.39 is 0 Å². The van der Waals surface area contributed by atoms with Gasteiger partial charge in [0.05, 0.1) is 24.2 Å². The molecule has 0 spiro atoms. The predicted octanol–water partition coefficient (Wildman–Crippen LogP) is 1.79. The first kappa shape index (κ1) is 22.0. The van der Waals surface area contributed by atoms with Crippen LogP contribution in [0.2, 0.25) is 0 Å². The summed E-state index contributed by atoms with van der Waals surface area (Å²) in [5, 5.41) is 11.9. The highest BCUT2D eigenvalue weighted by atomic mass is 16.5. The minimum atomic E-state index is 0.404. The molecule has 0 amide bonds. The molecule has 0 atom stereocenters. The average Bonchev–Trinajstić information content (AvgIpc) is 3.14. The maximum absolute atomic E-state index is 5.90. The number of anilines is 1. The lowest BCUT2D eigenvalue weighted by molar-refractivity contribution is 0.132. The van der Waals surface area contributed by atoms with Crippen molar-refractivity contribution in [3.8, 4) is 11.5 Å². The molecule has 10 nitrogen and oxygen atoms in total. The Morgan fingerprint density at radius 3 is 2.33 bits per heavy atom. The van der Waals surface area contributed by atoms with Gasteiger partial charge in [-0.3, -0.25) is 4.40 Å². The van der Waals surface area contributed by atoms with E-state index in [1.807, 2.05) is 23.5 Å². The van der Waals surface area contributed by atoms with Crippen molar-refractivity contribution in [2.24, 2.45) is 5.73 Å². The minimum absolute atomic E-state index is 0.404. The van der Waals surface area contributed by atoms with E-state index in [0.29, 0.717) is 55.9 Å². The fourth-order valence-corrected chi connectivity index (χ4v) is 3.07. The summed E-state index contributed by atoms with van der Waals surface area (Å²) in [6.45, 7) is 5.09. The monoisotopic (exact) mass is 418 g/mol. The highest BCUT2D eigenvalue weighted by Gasteiger charge is 2.17. The van der Waals surface area contributed by atoms with Crippen LogP contribution >= 0.6 is 0 Å². The van der Waals surface area contributed by atoms with Gasteiger partial charge >= 0.3 is 0 Å². The van der Waals surface area contributed by atoms with E-state index in [9.17, 15) is 0 Å². The number of methoxy groups -OCH3 is 2. The van der Waals surface area contributed by atoms with E-state index in [0.717, 1.165) is 36.2 Å². The van der Waals surface area contributed by atoms with Crippen molar-refractivity contribution in [3.05, 3.63) is 18.0 Å². The number of rotatable bonds is 13. The van der Waals surface area contributed by atoms with Crippen molar-refractivity contribution in [1.82, 2.24) is 19.6 Å². The number of nitrogens with two attached hydrogens (primary N) is 1. The molecule has 3 rings (SSSR count). The standard InChI is InChI=1S/C20H30N6O4/c1-14-24-25-20-19(22-7-5-4-6-21)23-15-12-17(29-10-8-27-2)18(30-11-9-28-3)13-16(15)26(14)20/h12-13H,4-11,21H2,1-3H3,(H,22,23). The smallest absolute Gasteiger partial charge is 0.204 e. The van der Waals surface area contributed by atoms with Crippen molar-refractivity contribution in [1.29, 1.82) is 0 Å². The van der Waals surface area contributed by atoms with Crippen LogP contribution in [-0.2, 0) is 9.47 Å². The lowest BCUT2D eigenvalue weighted by atomic mass is 10.2. The Bertz CT molecular complexity index is 962. The summed E-state index contributed by atoms with van der Waals surface area (Å²) >= 11 is 0. The Kier molecular flexibility index (Phi) is 8.00. The Morgan fingerprint density at radius 1 is 0.967 bits per heavy atom. The van der Waals surface area contributed by atoms with Gasteiger partial charge in [-0.1, -0.05) is 0 Å². The Morgan fingerprint density at radius 2 is 1.67 bits per heavy atom. The average molecular weight is 418 g/mol.